The Bertz CT molecular complexity index is 397. The number of hydrogen-bond donors (Lipinski definition) is 2. The summed E-state index contributed by atoms with van der Waals surface area (Å²) in [5, 5.41) is 12.9. The quantitative estimate of drug-likeness (QED) is 0.747. The Kier molecular flexibility index (Phi) is 4.65. The third-order valence-corrected chi connectivity index (χ3v) is 4.19. The summed E-state index contributed by atoms with van der Waals surface area (Å²) < 4.78 is 13.0. The molecule has 0 spiro atoms. The van der Waals surface area contributed by atoms with Crippen molar-refractivity contribution in [2.24, 2.45) is 0 Å². The van der Waals surface area contributed by atoms with Gasteiger partial charge in [0, 0.05) is 16.5 Å². The number of rotatable bonds is 7. The number of nitrogens with one attached hydrogen (secondary N) is 1. The zero-order chi connectivity index (χ0) is 13.0. The van der Waals surface area contributed by atoms with Crippen molar-refractivity contribution < 1.29 is 9.50 Å². The molecule has 2 nitrogen and oxygen atoms in total. The van der Waals surface area contributed by atoms with Gasteiger partial charge in [-0.1, -0.05) is 6.07 Å². The molecule has 0 saturated heterocycles. The molecule has 0 aromatic heterocycles. The summed E-state index contributed by atoms with van der Waals surface area (Å²) in [5.41, 5.74) is -0.207. The van der Waals surface area contributed by atoms with Crippen LogP contribution in [-0.2, 0) is 0 Å². The highest BCUT2D eigenvalue weighted by molar-refractivity contribution is 7.99. The van der Waals surface area contributed by atoms with Crippen LogP contribution >= 0.6 is 11.8 Å². The number of hydrogen-bond acceptors (Lipinski definition) is 3. The van der Waals surface area contributed by atoms with Crippen molar-refractivity contribution >= 4 is 11.8 Å². The van der Waals surface area contributed by atoms with Gasteiger partial charge in [-0.3, -0.25) is 0 Å². The normalized spacial score (nSPS) is 18.6. The van der Waals surface area contributed by atoms with Gasteiger partial charge in [-0.15, -0.1) is 11.8 Å². The van der Waals surface area contributed by atoms with Gasteiger partial charge in [-0.25, -0.2) is 4.39 Å². The van der Waals surface area contributed by atoms with E-state index in [1.807, 2.05) is 6.07 Å². The summed E-state index contributed by atoms with van der Waals surface area (Å²) in [6.45, 7) is 2.20. The van der Waals surface area contributed by atoms with Crippen LogP contribution in [0.15, 0.2) is 29.2 Å². The molecule has 2 rings (SSSR count). The predicted molar refractivity (Wildman–Crippen MR) is 73.4 cm³/mol. The third kappa shape index (κ3) is 4.26. The maximum atomic E-state index is 13.0. The van der Waals surface area contributed by atoms with E-state index in [9.17, 15) is 9.50 Å². The Labute approximate surface area is 112 Å². The molecule has 0 heterocycles. The zero-order valence-corrected chi connectivity index (χ0v) is 11.5. The highest BCUT2D eigenvalue weighted by Crippen LogP contribution is 2.26. The van der Waals surface area contributed by atoms with E-state index in [4.69, 9.17) is 0 Å². The first-order chi connectivity index (χ1) is 8.61. The fourth-order valence-corrected chi connectivity index (χ4v) is 3.03. The van der Waals surface area contributed by atoms with Gasteiger partial charge in [-0.05, 0) is 50.1 Å². The smallest absolute Gasteiger partial charge is 0.124 e. The Morgan fingerprint density at radius 2 is 2.28 bits per heavy atom. The molecule has 1 fully saturated rings. The van der Waals surface area contributed by atoms with E-state index in [0.29, 0.717) is 6.04 Å². The second-order valence-electron chi connectivity index (χ2n) is 5.19. The number of thioether (sulfide) groups is 1. The lowest BCUT2D eigenvalue weighted by Gasteiger charge is -2.28. The van der Waals surface area contributed by atoms with Gasteiger partial charge in [0.15, 0.2) is 0 Å². The number of aliphatic hydroxyl groups is 1. The average Bonchev–Trinajstić information content (AvgIpc) is 3.13. The van der Waals surface area contributed by atoms with Crippen molar-refractivity contribution in [3.8, 4) is 0 Å². The second kappa shape index (κ2) is 6.04. The highest BCUT2D eigenvalue weighted by atomic mass is 32.2. The van der Waals surface area contributed by atoms with Gasteiger partial charge >= 0.3 is 0 Å². The Morgan fingerprint density at radius 1 is 1.50 bits per heavy atom. The molecule has 0 radical (unpaired) electrons. The monoisotopic (exact) mass is 269 g/mol. The summed E-state index contributed by atoms with van der Waals surface area (Å²) in [5.74, 6) is 0.682. The molecule has 1 aromatic carbocycles. The Morgan fingerprint density at radius 3 is 2.89 bits per heavy atom. The first kappa shape index (κ1) is 13.8. The number of benzene rings is 1. The Balaban J connectivity index is 1.79. The predicted octanol–water partition coefficient (Wildman–Crippen LogP) is 2.81. The molecule has 18 heavy (non-hydrogen) atoms. The van der Waals surface area contributed by atoms with Crippen molar-refractivity contribution in [1.29, 1.82) is 0 Å². The number of aliphatic hydroxyl groups excluding tert-OH is 1. The molecule has 1 unspecified atom stereocenters. The summed E-state index contributed by atoms with van der Waals surface area (Å²) in [4.78, 5) is 0.946. The molecular weight excluding hydrogens is 249 g/mol. The molecule has 100 valence electrons. The minimum absolute atomic E-state index is 0.146. The fraction of sp³-hybridized carbons (Fsp3) is 0.571. The Hall–Kier alpha value is -0.580. The van der Waals surface area contributed by atoms with Gasteiger partial charge in [-0.2, -0.15) is 0 Å². The lowest BCUT2D eigenvalue weighted by Crippen LogP contribution is -2.47. The summed E-state index contributed by atoms with van der Waals surface area (Å²) in [6, 6.07) is 7.23. The zero-order valence-electron chi connectivity index (χ0n) is 10.7. The molecular formula is C14H20FNOS. The minimum atomic E-state index is -0.207. The van der Waals surface area contributed by atoms with E-state index >= 15 is 0 Å². The lowest BCUT2D eigenvalue weighted by atomic mass is 10.0. The molecule has 0 bridgehead atoms. The van der Waals surface area contributed by atoms with Crippen LogP contribution in [0.1, 0.15) is 26.2 Å². The van der Waals surface area contributed by atoms with Crippen LogP contribution in [0.25, 0.3) is 0 Å². The van der Waals surface area contributed by atoms with Gasteiger partial charge in [0.1, 0.15) is 5.82 Å². The topological polar surface area (TPSA) is 32.3 Å². The summed E-state index contributed by atoms with van der Waals surface area (Å²) >= 11 is 1.63. The molecule has 0 aliphatic heterocycles. The standard InChI is InChI=1S/C14H20FNOS/c1-14(10-17,16-12-5-6-12)7-8-18-13-4-2-3-11(15)9-13/h2-4,9,12,16-17H,5-8,10H2,1H3. The summed E-state index contributed by atoms with van der Waals surface area (Å²) in [7, 11) is 0. The molecule has 1 aliphatic rings. The molecule has 4 heteroatoms. The molecule has 2 N–H and O–H groups in total. The van der Waals surface area contributed by atoms with Crippen LogP contribution in [0.5, 0.6) is 0 Å². The van der Waals surface area contributed by atoms with Crippen LogP contribution in [0.3, 0.4) is 0 Å². The van der Waals surface area contributed by atoms with Crippen LogP contribution in [-0.4, -0.2) is 29.0 Å². The fourth-order valence-electron chi connectivity index (χ4n) is 1.87. The van der Waals surface area contributed by atoms with Crippen LogP contribution in [0, 0.1) is 5.82 Å². The van der Waals surface area contributed by atoms with Crippen LogP contribution < -0.4 is 5.32 Å². The molecule has 0 amide bonds. The van der Waals surface area contributed by atoms with Crippen LogP contribution in [0.2, 0.25) is 0 Å². The first-order valence-corrected chi connectivity index (χ1v) is 7.37. The largest absolute Gasteiger partial charge is 0.394 e. The number of halogens is 1. The SMILES string of the molecule is CC(CO)(CCSc1cccc(F)c1)NC1CC1. The molecule has 1 atom stereocenters. The summed E-state index contributed by atoms with van der Waals surface area (Å²) in [6.07, 6.45) is 3.31. The maximum Gasteiger partial charge on any atom is 0.124 e. The van der Waals surface area contributed by atoms with E-state index in [1.165, 1.54) is 18.9 Å². The van der Waals surface area contributed by atoms with E-state index in [1.54, 1.807) is 23.9 Å². The molecule has 1 aromatic rings. The van der Waals surface area contributed by atoms with Crippen LogP contribution in [0.4, 0.5) is 4.39 Å². The lowest BCUT2D eigenvalue weighted by molar-refractivity contribution is 0.169. The van der Waals surface area contributed by atoms with Crippen molar-refractivity contribution in [3.05, 3.63) is 30.1 Å². The van der Waals surface area contributed by atoms with E-state index in [0.717, 1.165) is 17.1 Å². The van der Waals surface area contributed by atoms with Crippen molar-refractivity contribution in [2.75, 3.05) is 12.4 Å². The van der Waals surface area contributed by atoms with Gasteiger partial charge in [0.05, 0.1) is 6.61 Å². The second-order valence-corrected chi connectivity index (χ2v) is 6.36. The average molecular weight is 269 g/mol. The van der Waals surface area contributed by atoms with E-state index < -0.39 is 0 Å². The van der Waals surface area contributed by atoms with E-state index in [2.05, 4.69) is 12.2 Å². The minimum Gasteiger partial charge on any atom is -0.394 e. The van der Waals surface area contributed by atoms with Crippen molar-refractivity contribution in [3.63, 3.8) is 0 Å². The van der Waals surface area contributed by atoms with Gasteiger partial charge in [0.2, 0.25) is 0 Å². The molecule has 1 aliphatic carbocycles. The first-order valence-electron chi connectivity index (χ1n) is 6.38. The maximum absolute atomic E-state index is 13.0. The van der Waals surface area contributed by atoms with Gasteiger partial charge < -0.3 is 10.4 Å². The van der Waals surface area contributed by atoms with E-state index in [-0.39, 0.29) is 18.0 Å². The highest BCUT2D eigenvalue weighted by Gasteiger charge is 2.31. The van der Waals surface area contributed by atoms with Crippen molar-refractivity contribution in [2.45, 2.75) is 42.7 Å². The van der Waals surface area contributed by atoms with Gasteiger partial charge in [0.25, 0.3) is 0 Å². The third-order valence-electron chi connectivity index (χ3n) is 3.20. The van der Waals surface area contributed by atoms with Crippen molar-refractivity contribution in [1.82, 2.24) is 5.32 Å². The molecule has 1 saturated carbocycles.